The molecule has 1 aromatic heterocycles. The van der Waals surface area contributed by atoms with Gasteiger partial charge in [-0.1, -0.05) is 54.7 Å². The summed E-state index contributed by atoms with van der Waals surface area (Å²) in [6.07, 6.45) is 19.0. The molecule has 0 bridgehead atoms. The Hall–Kier alpha value is -2.84. The third-order valence-corrected chi connectivity index (χ3v) is 6.16. The molecule has 0 fully saturated rings. The maximum absolute atomic E-state index is 3.65. The molecule has 0 aliphatic heterocycles. The van der Waals surface area contributed by atoms with Gasteiger partial charge in [0.25, 0.3) is 0 Å². The van der Waals surface area contributed by atoms with Gasteiger partial charge in [0, 0.05) is 22.2 Å². The molecule has 3 aliphatic carbocycles. The molecule has 0 saturated carbocycles. The minimum Gasteiger partial charge on any atom is -0.355 e. The molecule has 0 saturated heterocycles. The third-order valence-electron chi connectivity index (χ3n) is 5.30. The van der Waals surface area contributed by atoms with E-state index in [-0.39, 0.29) is 0 Å². The standard InChI is InChI=1S/C25H21NS/c1-17-14-20(16-27-17)19-8-4-9-21(15-19)26-25-11-5-10-23-22(12-13-24(23)25)18-6-2-3-7-18/h2,4-16,23,26H,3H2,1H3. The van der Waals surface area contributed by atoms with Crippen molar-refractivity contribution in [2.24, 2.45) is 5.92 Å². The summed E-state index contributed by atoms with van der Waals surface area (Å²) >= 11 is 1.80. The van der Waals surface area contributed by atoms with Crippen molar-refractivity contribution in [1.82, 2.24) is 0 Å². The molecule has 2 aromatic rings. The molecule has 0 radical (unpaired) electrons. The molecule has 0 amide bonds. The first-order valence-corrected chi connectivity index (χ1v) is 10.3. The Morgan fingerprint density at radius 3 is 2.78 bits per heavy atom. The number of benzene rings is 1. The summed E-state index contributed by atoms with van der Waals surface area (Å²) in [5.74, 6) is 0.356. The molecule has 1 nitrogen and oxygen atoms in total. The summed E-state index contributed by atoms with van der Waals surface area (Å²) in [4.78, 5) is 1.34. The topological polar surface area (TPSA) is 12.0 Å². The van der Waals surface area contributed by atoms with Gasteiger partial charge in [0.2, 0.25) is 0 Å². The average Bonchev–Trinajstić information content (AvgIpc) is 3.42. The van der Waals surface area contributed by atoms with E-state index in [0.29, 0.717) is 5.92 Å². The van der Waals surface area contributed by atoms with Crippen LogP contribution >= 0.6 is 11.3 Å². The van der Waals surface area contributed by atoms with Crippen LogP contribution in [-0.2, 0) is 0 Å². The van der Waals surface area contributed by atoms with Gasteiger partial charge >= 0.3 is 0 Å². The molecule has 0 spiro atoms. The largest absolute Gasteiger partial charge is 0.355 e. The fourth-order valence-corrected chi connectivity index (χ4v) is 4.68. The number of rotatable bonds is 4. The van der Waals surface area contributed by atoms with Crippen molar-refractivity contribution in [2.45, 2.75) is 13.3 Å². The molecular weight excluding hydrogens is 346 g/mol. The quantitative estimate of drug-likeness (QED) is 0.616. The van der Waals surface area contributed by atoms with Crippen molar-refractivity contribution >= 4 is 17.0 Å². The summed E-state index contributed by atoms with van der Waals surface area (Å²) in [5, 5.41) is 5.88. The Balaban J connectivity index is 1.38. The lowest BCUT2D eigenvalue weighted by Crippen LogP contribution is -2.12. The predicted molar refractivity (Wildman–Crippen MR) is 117 cm³/mol. The van der Waals surface area contributed by atoms with Gasteiger partial charge in [0.05, 0.1) is 0 Å². The van der Waals surface area contributed by atoms with Gasteiger partial charge < -0.3 is 5.32 Å². The molecule has 1 atom stereocenters. The highest BCUT2D eigenvalue weighted by molar-refractivity contribution is 7.10. The molecule has 5 rings (SSSR count). The molecular formula is C25H21NS. The minimum absolute atomic E-state index is 0.356. The maximum Gasteiger partial charge on any atom is 0.0426 e. The van der Waals surface area contributed by atoms with Gasteiger partial charge in [-0.3, -0.25) is 0 Å². The Morgan fingerprint density at radius 2 is 1.96 bits per heavy atom. The lowest BCUT2D eigenvalue weighted by molar-refractivity contribution is 0.932. The zero-order chi connectivity index (χ0) is 18.2. The van der Waals surface area contributed by atoms with Crippen LogP contribution < -0.4 is 5.32 Å². The van der Waals surface area contributed by atoms with E-state index in [1.165, 1.54) is 38.4 Å². The van der Waals surface area contributed by atoms with E-state index in [0.717, 1.165) is 12.1 Å². The highest BCUT2D eigenvalue weighted by atomic mass is 32.1. The number of hydrogen-bond donors (Lipinski definition) is 1. The van der Waals surface area contributed by atoms with Crippen LogP contribution in [0, 0.1) is 12.8 Å². The van der Waals surface area contributed by atoms with Crippen LogP contribution in [0.3, 0.4) is 0 Å². The van der Waals surface area contributed by atoms with Crippen LogP contribution in [-0.4, -0.2) is 0 Å². The monoisotopic (exact) mass is 367 g/mol. The molecule has 1 unspecified atom stereocenters. The van der Waals surface area contributed by atoms with Gasteiger partial charge in [-0.25, -0.2) is 0 Å². The smallest absolute Gasteiger partial charge is 0.0426 e. The van der Waals surface area contributed by atoms with Crippen molar-refractivity contribution in [2.75, 3.05) is 5.32 Å². The Bertz CT molecular complexity index is 1090. The average molecular weight is 368 g/mol. The first-order chi connectivity index (χ1) is 13.3. The van der Waals surface area contributed by atoms with E-state index in [2.05, 4.69) is 96.6 Å². The normalized spacial score (nSPS) is 20.1. The minimum atomic E-state index is 0.356. The summed E-state index contributed by atoms with van der Waals surface area (Å²) in [6.45, 7) is 2.15. The van der Waals surface area contributed by atoms with Gasteiger partial charge in [-0.2, -0.15) is 0 Å². The van der Waals surface area contributed by atoms with Crippen molar-refractivity contribution in [1.29, 1.82) is 0 Å². The number of thiophene rings is 1. The second kappa shape index (κ2) is 6.71. The first-order valence-electron chi connectivity index (χ1n) is 9.38. The lowest BCUT2D eigenvalue weighted by Gasteiger charge is -2.23. The number of fused-ring (bicyclic) bond motifs is 1. The Kier molecular flexibility index (Phi) is 4.06. The van der Waals surface area contributed by atoms with Crippen molar-refractivity contribution in [3.8, 4) is 11.1 Å². The molecule has 2 heteroatoms. The van der Waals surface area contributed by atoms with Crippen LogP contribution in [0.5, 0.6) is 0 Å². The molecule has 3 aliphatic rings. The highest BCUT2D eigenvalue weighted by Crippen LogP contribution is 2.40. The summed E-state index contributed by atoms with van der Waals surface area (Å²) in [5.41, 5.74) is 9.00. The van der Waals surface area contributed by atoms with Crippen LogP contribution in [0.25, 0.3) is 11.1 Å². The van der Waals surface area contributed by atoms with E-state index in [4.69, 9.17) is 0 Å². The van der Waals surface area contributed by atoms with E-state index >= 15 is 0 Å². The Morgan fingerprint density at radius 1 is 1.04 bits per heavy atom. The highest BCUT2D eigenvalue weighted by Gasteiger charge is 2.27. The lowest BCUT2D eigenvalue weighted by atomic mass is 9.86. The van der Waals surface area contributed by atoms with Crippen LogP contribution in [0.4, 0.5) is 5.69 Å². The first kappa shape index (κ1) is 16.3. The Labute approximate surface area is 164 Å². The summed E-state index contributed by atoms with van der Waals surface area (Å²) in [7, 11) is 0. The zero-order valence-electron chi connectivity index (χ0n) is 15.3. The number of nitrogens with one attached hydrogen (secondary N) is 1. The molecule has 132 valence electrons. The van der Waals surface area contributed by atoms with Gasteiger partial charge in [-0.05, 0) is 70.8 Å². The zero-order valence-corrected chi connectivity index (χ0v) is 16.1. The maximum atomic E-state index is 3.65. The number of anilines is 1. The van der Waals surface area contributed by atoms with E-state index in [1.54, 1.807) is 11.3 Å². The van der Waals surface area contributed by atoms with Crippen LogP contribution in [0.15, 0.2) is 107 Å². The van der Waals surface area contributed by atoms with E-state index in [1.807, 2.05) is 0 Å². The second-order valence-electron chi connectivity index (χ2n) is 7.14. The molecule has 1 heterocycles. The second-order valence-corrected chi connectivity index (χ2v) is 8.25. The summed E-state index contributed by atoms with van der Waals surface area (Å²) < 4.78 is 0. The molecule has 1 aromatic carbocycles. The van der Waals surface area contributed by atoms with Crippen molar-refractivity contribution in [3.63, 3.8) is 0 Å². The summed E-state index contributed by atoms with van der Waals surface area (Å²) in [6, 6.07) is 10.9. The third kappa shape index (κ3) is 3.07. The number of aryl methyl sites for hydroxylation is 1. The number of hydrogen-bond acceptors (Lipinski definition) is 2. The van der Waals surface area contributed by atoms with E-state index in [9.17, 15) is 0 Å². The number of allylic oxidation sites excluding steroid dienone is 11. The van der Waals surface area contributed by atoms with Crippen molar-refractivity contribution in [3.05, 3.63) is 112 Å². The predicted octanol–water partition coefficient (Wildman–Crippen LogP) is 6.96. The van der Waals surface area contributed by atoms with Crippen LogP contribution in [0.1, 0.15) is 11.3 Å². The van der Waals surface area contributed by atoms with Crippen molar-refractivity contribution < 1.29 is 0 Å². The fraction of sp³-hybridized carbons (Fsp3) is 0.120. The molecule has 1 N–H and O–H groups in total. The SMILES string of the molecule is Cc1cc(-c2cccc(NC3=CC=CC4C(C5=CCC=C5)=CC=C34)c2)cs1. The van der Waals surface area contributed by atoms with Gasteiger partial charge in [0.15, 0.2) is 0 Å². The van der Waals surface area contributed by atoms with Crippen LogP contribution in [0.2, 0.25) is 0 Å². The molecule has 27 heavy (non-hydrogen) atoms. The van der Waals surface area contributed by atoms with E-state index < -0.39 is 0 Å². The van der Waals surface area contributed by atoms with Gasteiger partial charge in [-0.15, -0.1) is 11.3 Å². The van der Waals surface area contributed by atoms with Gasteiger partial charge in [0.1, 0.15) is 0 Å². The fourth-order valence-electron chi connectivity index (χ4n) is 3.97.